The van der Waals surface area contributed by atoms with E-state index in [0.717, 1.165) is 0 Å². The Morgan fingerprint density at radius 3 is 2.55 bits per heavy atom. The highest BCUT2D eigenvalue weighted by molar-refractivity contribution is 9.10. The van der Waals surface area contributed by atoms with E-state index < -0.39 is 17.9 Å². The number of primary amides is 1. The van der Waals surface area contributed by atoms with E-state index in [0.29, 0.717) is 16.7 Å². The van der Waals surface area contributed by atoms with E-state index in [9.17, 15) is 14.4 Å². The smallest absolute Gasteiger partial charge is 0.336 e. The molecule has 3 amide bonds. The Hall–Kier alpha value is -2.09. The van der Waals surface area contributed by atoms with Gasteiger partial charge in [-0.2, -0.15) is 0 Å². The maximum Gasteiger partial charge on any atom is 0.336 e. The maximum absolute atomic E-state index is 11.9. The third-order valence-electron chi connectivity index (χ3n) is 2.46. The Kier molecular flexibility index (Phi) is 5.51. The minimum Gasteiger partial charge on any atom is -0.478 e. The van der Waals surface area contributed by atoms with Crippen molar-refractivity contribution in [2.45, 2.75) is 6.92 Å². The number of carboxylic acid groups (broad SMARTS) is 1. The molecule has 108 valence electrons. The van der Waals surface area contributed by atoms with Crippen molar-refractivity contribution >= 4 is 39.5 Å². The summed E-state index contributed by atoms with van der Waals surface area (Å²) in [6.45, 7) is 1.80. The number of nitrogens with two attached hydrogens (primary N) is 1. The van der Waals surface area contributed by atoms with Crippen LogP contribution in [0.2, 0.25) is 0 Å². The number of nitrogens with one attached hydrogen (secondary N) is 1. The molecule has 20 heavy (non-hydrogen) atoms. The Labute approximate surface area is 123 Å². The first-order valence-electron chi connectivity index (χ1n) is 5.72. The number of nitrogens with zero attached hydrogens (tertiary/aromatic N) is 1. The highest BCUT2D eigenvalue weighted by Gasteiger charge is 2.15. The summed E-state index contributed by atoms with van der Waals surface area (Å²) in [6.07, 6.45) is 0. The van der Waals surface area contributed by atoms with Crippen LogP contribution in [0, 0.1) is 0 Å². The largest absolute Gasteiger partial charge is 0.478 e. The zero-order chi connectivity index (χ0) is 15.3. The van der Waals surface area contributed by atoms with Crippen molar-refractivity contribution < 1.29 is 19.5 Å². The van der Waals surface area contributed by atoms with E-state index in [-0.39, 0.29) is 12.1 Å². The van der Waals surface area contributed by atoms with Crippen LogP contribution >= 0.6 is 15.9 Å². The highest BCUT2D eigenvalue weighted by atomic mass is 79.9. The van der Waals surface area contributed by atoms with Crippen molar-refractivity contribution in [2.75, 3.05) is 18.4 Å². The van der Waals surface area contributed by atoms with Gasteiger partial charge >= 0.3 is 12.0 Å². The number of anilines is 1. The number of carbonyl (C=O) groups excluding carboxylic acids is 2. The number of hydrogen-bond donors (Lipinski definition) is 3. The molecule has 0 spiro atoms. The minimum atomic E-state index is -1.11. The average molecular weight is 344 g/mol. The van der Waals surface area contributed by atoms with Gasteiger partial charge in [0.1, 0.15) is 6.54 Å². The Morgan fingerprint density at radius 2 is 2.05 bits per heavy atom. The SMILES string of the molecule is CCN(CC(N)=O)C(=O)Nc1ccc(Br)c(C(=O)O)c1. The number of carbonyl (C=O) groups is 3. The van der Waals surface area contributed by atoms with E-state index in [1.54, 1.807) is 13.0 Å². The van der Waals surface area contributed by atoms with Crippen LogP contribution in [0.5, 0.6) is 0 Å². The molecule has 1 rings (SSSR count). The summed E-state index contributed by atoms with van der Waals surface area (Å²) in [5, 5.41) is 11.5. The Bertz CT molecular complexity index is 548. The van der Waals surface area contributed by atoms with Crippen LogP contribution in [-0.2, 0) is 4.79 Å². The predicted octanol–water partition coefficient (Wildman–Crippen LogP) is 1.49. The molecule has 0 radical (unpaired) electrons. The molecule has 1 aromatic carbocycles. The number of carboxylic acids is 1. The first-order valence-corrected chi connectivity index (χ1v) is 6.51. The second-order valence-corrected chi connectivity index (χ2v) is 4.76. The zero-order valence-corrected chi connectivity index (χ0v) is 12.3. The molecule has 0 atom stereocenters. The second-order valence-electron chi connectivity index (χ2n) is 3.91. The molecule has 0 aromatic heterocycles. The van der Waals surface area contributed by atoms with Crippen LogP contribution < -0.4 is 11.1 Å². The first-order chi connectivity index (χ1) is 9.35. The summed E-state index contributed by atoms with van der Waals surface area (Å²) >= 11 is 3.11. The first kappa shape index (κ1) is 16.0. The average Bonchev–Trinajstić information content (AvgIpc) is 2.37. The number of benzene rings is 1. The third kappa shape index (κ3) is 4.23. The predicted molar refractivity (Wildman–Crippen MR) is 76.6 cm³/mol. The fourth-order valence-electron chi connectivity index (χ4n) is 1.48. The molecule has 0 aliphatic carbocycles. The van der Waals surface area contributed by atoms with Crippen LogP contribution in [0.4, 0.5) is 10.5 Å². The number of amides is 3. The Morgan fingerprint density at radius 1 is 1.40 bits per heavy atom. The van der Waals surface area contributed by atoms with E-state index in [2.05, 4.69) is 21.2 Å². The molecule has 4 N–H and O–H groups in total. The lowest BCUT2D eigenvalue weighted by atomic mass is 10.2. The monoisotopic (exact) mass is 343 g/mol. The van der Waals surface area contributed by atoms with Gasteiger partial charge in [0.25, 0.3) is 0 Å². The van der Waals surface area contributed by atoms with Crippen LogP contribution in [0.25, 0.3) is 0 Å². The normalized spacial score (nSPS) is 9.90. The summed E-state index contributed by atoms with van der Waals surface area (Å²) in [4.78, 5) is 34.9. The summed E-state index contributed by atoms with van der Waals surface area (Å²) in [5.74, 6) is -1.73. The molecule has 7 nitrogen and oxygen atoms in total. The van der Waals surface area contributed by atoms with Crippen molar-refractivity contribution in [3.8, 4) is 0 Å². The fraction of sp³-hybridized carbons (Fsp3) is 0.250. The van der Waals surface area contributed by atoms with Gasteiger partial charge in [0.2, 0.25) is 5.91 Å². The molecule has 0 heterocycles. The van der Waals surface area contributed by atoms with Gasteiger partial charge in [-0.3, -0.25) is 4.79 Å². The van der Waals surface area contributed by atoms with Crippen molar-refractivity contribution in [3.05, 3.63) is 28.2 Å². The molecule has 8 heteroatoms. The number of halogens is 1. The van der Waals surface area contributed by atoms with Crippen molar-refractivity contribution in [1.82, 2.24) is 4.90 Å². The van der Waals surface area contributed by atoms with E-state index >= 15 is 0 Å². The van der Waals surface area contributed by atoms with E-state index in [1.165, 1.54) is 17.0 Å². The molecule has 0 aliphatic heterocycles. The molecular formula is C12H14BrN3O4. The lowest BCUT2D eigenvalue weighted by Crippen LogP contribution is -2.40. The Balaban J connectivity index is 2.87. The summed E-state index contributed by atoms with van der Waals surface area (Å²) in [6, 6.07) is 3.86. The molecule has 1 aromatic rings. The lowest BCUT2D eigenvalue weighted by molar-refractivity contribution is -0.118. The van der Waals surface area contributed by atoms with E-state index in [4.69, 9.17) is 10.8 Å². The summed E-state index contributed by atoms with van der Waals surface area (Å²) in [7, 11) is 0. The number of rotatable bonds is 5. The van der Waals surface area contributed by atoms with Gasteiger partial charge in [0, 0.05) is 16.7 Å². The fourth-order valence-corrected chi connectivity index (χ4v) is 1.90. The van der Waals surface area contributed by atoms with Crippen molar-refractivity contribution in [3.63, 3.8) is 0 Å². The van der Waals surface area contributed by atoms with Gasteiger partial charge < -0.3 is 21.1 Å². The van der Waals surface area contributed by atoms with Gasteiger partial charge in [-0.1, -0.05) is 0 Å². The van der Waals surface area contributed by atoms with Gasteiger partial charge in [0.15, 0.2) is 0 Å². The standard InChI is InChI=1S/C12H14BrN3O4/c1-2-16(6-10(14)17)12(20)15-7-3-4-9(13)8(5-7)11(18)19/h3-5H,2,6H2,1H3,(H2,14,17)(H,15,20)(H,18,19). The summed E-state index contributed by atoms with van der Waals surface area (Å²) < 4.78 is 0.410. The van der Waals surface area contributed by atoms with Gasteiger partial charge in [-0.15, -0.1) is 0 Å². The summed E-state index contributed by atoms with van der Waals surface area (Å²) in [5.41, 5.74) is 5.39. The number of aromatic carboxylic acids is 1. The quantitative estimate of drug-likeness (QED) is 0.751. The van der Waals surface area contributed by atoms with Crippen LogP contribution in [0.1, 0.15) is 17.3 Å². The zero-order valence-electron chi connectivity index (χ0n) is 10.7. The molecule has 0 saturated carbocycles. The van der Waals surface area contributed by atoms with E-state index in [1.807, 2.05) is 0 Å². The molecule has 0 fully saturated rings. The van der Waals surface area contributed by atoms with Gasteiger partial charge in [-0.25, -0.2) is 9.59 Å². The molecule has 0 bridgehead atoms. The molecular weight excluding hydrogens is 330 g/mol. The van der Waals surface area contributed by atoms with Gasteiger partial charge in [0.05, 0.1) is 5.56 Å². The topological polar surface area (TPSA) is 113 Å². The third-order valence-corrected chi connectivity index (χ3v) is 3.16. The van der Waals surface area contributed by atoms with Crippen LogP contribution in [0.3, 0.4) is 0 Å². The number of urea groups is 1. The maximum atomic E-state index is 11.9. The second kappa shape index (κ2) is 6.90. The highest BCUT2D eigenvalue weighted by Crippen LogP contribution is 2.21. The van der Waals surface area contributed by atoms with Crippen LogP contribution in [-0.4, -0.2) is 41.0 Å². The van der Waals surface area contributed by atoms with Crippen molar-refractivity contribution in [2.24, 2.45) is 5.73 Å². The number of hydrogen-bond acceptors (Lipinski definition) is 3. The number of likely N-dealkylation sites (N-methyl/N-ethyl adjacent to an activating group) is 1. The molecule has 0 unspecified atom stereocenters. The minimum absolute atomic E-state index is 0.0285. The van der Waals surface area contributed by atoms with Crippen molar-refractivity contribution in [1.29, 1.82) is 0 Å². The van der Waals surface area contributed by atoms with Crippen LogP contribution in [0.15, 0.2) is 22.7 Å². The molecule has 0 aliphatic rings. The molecule has 0 saturated heterocycles. The van der Waals surface area contributed by atoms with Gasteiger partial charge in [-0.05, 0) is 41.1 Å². The lowest BCUT2D eigenvalue weighted by Gasteiger charge is -2.19.